The lowest BCUT2D eigenvalue weighted by atomic mass is 10.4. The SMILES string of the molecule is CS(=O)(=O)c1cccnc1N(CCO)CC(F)F. The number of alkyl halides is 2. The van der Waals surface area contributed by atoms with Crippen molar-refractivity contribution in [3.8, 4) is 0 Å². The number of hydrogen-bond acceptors (Lipinski definition) is 5. The Labute approximate surface area is 104 Å². The molecule has 0 aliphatic carbocycles. The predicted octanol–water partition coefficient (Wildman–Crippen LogP) is 0.549. The van der Waals surface area contributed by atoms with Crippen molar-refractivity contribution in [2.75, 3.05) is 30.9 Å². The number of pyridine rings is 1. The fourth-order valence-corrected chi connectivity index (χ4v) is 2.32. The number of hydrogen-bond donors (Lipinski definition) is 1. The van der Waals surface area contributed by atoms with Crippen LogP contribution in [0.4, 0.5) is 14.6 Å². The van der Waals surface area contributed by atoms with Crippen molar-refractivity contribution in [1.29, 1.82) is 0 Å². The summed E-state index contributed by atoms with van der Waals surface area (Å²) < 4.78 is 47.9. The van der Waals surface area contributed by atoms with Crippen LogP contribution in [0.25, 0.3) is 0 Å². The molecule has 0 saturated carbocycles. The topological polar surface area (TPSA) is 70.5 Å². The lowest BCUT2D eigenvalue weighted by Crippen LogP contribution is -2.33. The fourth-order valence-electron chi connectivity index (χ4n) is 1.48. The average molecular weight is 280 g/mol. The van der Waals surface area contributed by atoms with Gasteiger partial charge < -0.3 is 10.0 Å². The van der Waals surface area contributed by atoms with Gasteiger partial charge in [0.2, 0.25) is 0 Å². The standard InChI is InChI=1S/C10H14F2N2O3S/c1-18(16,17)8-3-2-4-13-10(8)14(5-6-15)7-9(11)12/h2-4,9,15H,5-7H2,1H3. The van der Waals surface area contributed by atoms with Crippen LogP contribution < -0.4 is 4.90 Å². The van der Waals surface area contributed by atoms with Crippen LogP contribution in [0.5, 0.6) is 0 Å². The Bertz CT molecular complexity index is 494. The molecule has 18 heavy (non-hydrogen) atoms. The zero-order valence-corrected chi connectivity index (χ0v) is 10.6. The summed E-state index contributed by atoms with van der Waals surface area (Å²) in [6, 6.07) is 2.72. The van der Waals surface area contributed by atoms with Gasteiger partial charge in [0.1, 0.15) is 10.7 Å². The van der Waals surface area contributed by atoms with Crippen molar-refractivity contribution in [3.63, 3.8) is 0 Å². The Morgan fingerprint density at radius 2 is 2.17 bits per heavy atom. The molecule has 0 aliphatic heterocycles. The van der Waals surface area contributed by atoms with Gasteiger partial charge in [-0.1, -0.05) is 0 Å². The van der Waals surface area contributed by atoms with Gasteiger partial charge in [-0.15, -0.1) is 0 Å². The largest absolute Gasteiger partial charge is 0.395 e. The minimum Gasteiger partial charge on any atom is -0.395 e. The quantitative estimate of drug-likeness (QED) is 0.824. The highest BCUT2D eigenvalue weighted by Gasteiger charge is 2.21. The van der Waals surface area contributed by atoms with Crippen LogP contribution >= 0.6 is 0 Å². The third kappa shape index (κ3) is 3.88. The molecule has 0 aliphatic rings. The maximum atomic E-state index is 12.4. The van der Waals surface area contributed by atoms with Gasteiger partial charge in [-0.25, -0.2) is 22.2 Å². The number of halogens is 2. The molecule has 0 amide bonds. The zero-order valence-electron chi connectivity index (χ0n) is 9.75. The molecular weight excluding hydrogens is 266 g/mol. The molecule has 0 saturated heterocycles. The van der Waals surface area contributed by atoms with E-state index < -0.39 is 22.8 Å². The van der Waals surface area contributed by atoms with Gasteiger partial charge in [-0.2, -0.15) is 0 Å². The van der Waals surface area contributed by atoms with E-state index in [-0.39, 0.29) is 23.9 Å². The molecule has 0 spiro atoms. The Morgan fingerprint density at radius 1 is 1.50 bits per heavy atom. The number of sulfone groups is 1. The van der Waals surface area contributed by atoms with Gasteiger partial charge in [0.25, 0.3) is 6.43 Å². The number of aliphatic hydroxyl groups excluding tert-OH is 1. The van der Waals surface area contributed by atoms with Gasteiger partial charge in [-0.3, -0.25) is 0 Å². The second-order valence-corrected chi connectivity index (χ2v) is 5.64. The molecule has 0 aromatic carbocycles. The maximum Gasteiger partial charge on any atom is 0.255 e. The molecule has 102 valence electrons. The molecule has 1 N–H and O–H groups in total. The molecule has 1 aromatic heterocycles. The number of aliphatic hydroxyl groups is 1. The minimum absolute atomic E-state index is 0.0608. The highest BCUT2D eigenvalue weighted by Crippen LogP contribution is 2.22. The first-order valence-electron chi connectivity index (χ1n) is 5.15. The van der Waals surface area contributed by atoms with Crippen molar-refractivity contribution < 1.29 is 22.3 Å². The number of nitrogens with zero attached hydrogens (tertiary/aromatic N) is 2. The molecule has 1 rings (SSSR count). The molecule has 0 fully saturated rings. The summed E-state index contributed by atoms with van der Waals surface area (Å²) in [5, 5.41) is 8.84. The third-order valence-corrected chi connectivity index (χ3v) is 3.30. The van der Waals surface area contributed by atoms with Crippen molar-refractivity contribution in [1.82, 2.24) is 4.98 Å². The van der Waals surface area contributed by atoms with E-state index in [2.05, 4.69) is 4.98 Å². The van der Waals surface area contributed by atoms with E-state index in [0.29, 0.717) is 0 Å². The highest BCUT2D eigenvalue weighted by molar-refractivity contribution is 7.90. The second-order valence-electron chi connectivity index (χ2n) is 3.66. The number of anilines is 1. The summed E-state index contributed by atoms with van der Waals surface area (Å²) in [6.45, 7) is -1.16. The summed E-state index contributed by atoms with van der Waals surface area (Å²) in [5.74, 6) is -0.0608. The summed E-state index contributed by atoms with van der Waals surface area (Å²) in [5.41, 5.74) is 0. The van der Waals surface area contributed by atoms with E-state index in [1.165, 1.54) is 18.3 Å². The third-order valence-electron chi connectivity index (χ3n) is 2.18. The Kier molecular flexibility index (Phi) is 4.97. The molecule has 0 unspecified atom stereocenters. The summed E-state index contributed by atoms with van der Waals surface area (Å²) in [7, 11) is -3.56. The molecule has 0 radical (unpaired) electrons. The van der Waals surface area contributed by atoms with E-state index in [1.54, 1.807) is 0 Å². The van der Waals surface area contributed by atoms with Crippen molar-refractivity contribution in [2.45, 2.75) is 11.3 Å². The fraction of sp³-hybridized carbons (Fsp3) is 0.500. The van der Waals surface area contributed by atoms with E-state index in [4.69, 9.17) is 5.11 Å². The lowest BCUT2D eigenvalue weighted by Gasteiger charge is -2.23. The molecule has 1 heterocycles. The Balaban J connectivity index is 3.19. The average Bonchev–Trinajstić information content (AvgIpc) is 2.27. The van der Waals surface area contributed by atoms with Gasteiger partial charge in [0.15, 0.2) is 9.84 Å². The lowest BCUT2D eigenvalue weighted by molar-refractivity contribution is 0.152. The Morgan fingerprint density at radius 3 is 2.67 bits per heavy atom. The summed E-state index contributed by atoms with van der Waals surface area (Å²) in [6.07, 6.45) is -0.349. The Hall–Kier alpha value is -1.28. The molecule has 8 heteroatoms. The van der Waals surface area contributed by atoms with Gasteiger partial charge in [0, 0.05) is 19.0 Å². The van der Waals surface area contributed by atoms with E-state index in [0.717, 1.165) is 11.2 Å². The first kappa shape index (κ1) is 14.8. The summed E-state index contributed by atoms with van der Waals surface area (Å²) in [4.78, 5) is 4.75. The first-order valence-corrected chi connectivity index (χ1v) is 7.04. The predicted molar refractivity (Wildman–Crippen MR) is 62.6 cm³/mol. The van der Waals surface area contributed by atoms with Crippen molar-refractivity contribution in [2.24, 2.45) is 0 Å². The monoisotopic (exact) mass is 280 g/mol. The van der Waals surface area contributed by atoms with Crippen LogP contribution in [-0.4, -0.2) is 50.9 Å². The molecular formula is C10H14F2N2O3S. The first-order chi connectivity index (χ1) is 8.36. The smallest absolute Gasteiger partial charge is 0.255 e. The number of rotatable bonds is 6. The van der Waals surface area contributed by atoms with Crippen LogP contribution in [0.15, 0.2) is 23.2 Å². The molecule has 1 aromatic rings. The van der Waals surface area contributed by atoms with Crippen LogP contribution in [-0.2, 0) is 9.84 Å². The highest BCUT2D eigenvalue weighted by atomic mass is 32.2. The van der Waals surface area contributed by atoms with E-state index in [1.807, 2.05) is 0 Å². The zero-order chi connectivity index (χ0) is 13.8. The van der Waals surface area contributed by atoms with Crippen LogP contribution in [0.1, 0.15) is 0 Å². The van der Waals surface area contributed by atoms with Crippen LogP contribution in [0.3, 0.4) is 0 Å². The maximum absolute atomic E-state index is 12.4. The van der Waals surface area contributed by atoms with E-state index >= 15 is 0 Å². The minimum atomic E-state index is -3.56. The molecule has 0 atom stereocenters. The van der Waals surface area contributed by atoms with Crippen molar-refractivity contribution in [3.05, 3.63) is 18.3 Å². The van der Waals surface area contributed by atoms with E-state index in [9.17, 15) is 17.2 Å². The van der Waals surface area contributed by atoms with Crippen LogP contribution in [0.2, 0.25) is 0 Å². The van der Waals surface area contributed by atoms with Gasteiger partial charge in [-0.05, 0) is 12.1 Å². The van der Waals surface area contributed by atoms with Gasteiger partial charge >= 0.3 is 0 Å². The number of aromatic nitrogens is 1. The molecule has 5 nitrogen and oxygen atoms in total. The summed E-state index contributed by atoms with van der Waals surface area (Å²) >= 11 is 0. The second kappa shape index (κ2) is 6.05. The van der Waals surface area contributed by atoms with Crippen molar-refractivity contribution >= 4 is 15.7 Å². The van der Waals surface area contributed by atoms with Crippen LogP contribution in [0, 0.1) is 0 Å². The van der Waals surface area contributed by atoms with Gasteiger partial charge in [0.05, 0.1) is 13.2 Å². The normalized spacial score (nSPS) is 11.8. The molecule has 0 bridgehead atoms.